The predicted octanol–water partition coefficient (Wildman–Crippen LogP) is 5.51. The van der Waals surface area contributed by atoms with Gasteiger partial charge in [-0.05, 0) is 62.1 Å². The van der Waals surface area contributed by atoms with Crippen molar-refractivity contribution in [2.45, 2.75) is 45.4 Å². The molecule has 5 nitrogen and oxygen atoms in total. The Morgan fingerprint density at radius 2 is 2.10 bits per heavy atom. The fourth-order valence-corrected chi connectivity index (χ4v) is 7.19. The summed E-state index contributed by atoms with van der Waals surface area (Å²) in [6.45, 7) is 1.96. The van der Waals surface area contributed by atoms with Gasteiger partial charge < -0.3 is 5.32 Å². The number of hydrogen-bond acceptors (Lipinski definition) is 7. The van der Waals surface area contributed by atoms with Crippen LogP contribution in [0.2, 0.25) is 0 Å². The van der Waals surface area contributed by atoms with E-state index in [0.717, 1.165) is 36.1 Å². The minimum absolute atomic E-state index is 0.00444. The van der Waals surface area contributed by atoms with E-state index >= 15 is 0 Å². The van der Waals surface area contributed by atoms with Gasteiger partial charge >= 0.3 is 0 Å². The molecule has 1 fully saturated rings. The number of Topliss-reactive ketones (excluding diaryl/α,β-unsaturated/α-hetero) is 1. The van der Waals surface area contributed by atoms with Crippen molar-refractivity contribution in [2.24, 2.45) is 0 Å². The number of fused-ring (bicyclic) bond motifs is 1. The second kappa shape index (κ2) is 9.77. The minimum atomic E-state index is -0.138. The van der Waals surface area contributed by atoms with E-state index in [1.807, 2.05) is 23.6 Å². The van der Waals surface area contributed by atoms with E-state index in [9.17, 15) is 14.4 Å². The lowest BCUT2D eigenvalue weighted by atomic mass is 9.94. The number of thiophene rings is 2. The summed E-state index contributed by atoms with van der Waals surface area (Å²) < 4.78 is 0.526. The average molecular weight is 491 g/mol. The molecule has 1 saturated heterocycles. The van der Waals surface area contributed by atoms with Gasteiger partial charge in [-0.25, -0.2) is 0 Å². The quantitative estimate of drug-likeness (QED) is 0.315. The zero-order chi connectivity index (χ0) is 22.0. The van der Waals surface area contributed by atoms with Crippen LogP contribution in [-0.4, -0.2) is 33.4 Å². The zero-order valence-electron chi connectivity index (χ0n) is 17.1. The molecule has 4 rings (SSSR count). The third-order valence-electron chi connectivity index (χ3n) is 5.25. The SMILES string of the molecule is CC(=O)c1c(NC(=O)CCCN2C(=O)C(=Cc3cccs3)SC2=S)sc2c1CCCC2. The molecular weight excluding hydrogens is 469 g/mol. The fraction of sp³-hybridized carbons (Fsp3) is 0.364. The normalized spacial score (nSPS) is 17.3. The number of aryl methyl sites for hydroxylation is 1. The zero-order valence-corrected chi connectivity index (χ0v) is 20.3. The van der Waals surface area contributed by atoms with Crippen LogP contribution < -0.4 is 5.32 Å². The van der Waals surface area contributed by atoms with E-state index in [2.05, 4.69) is 5.32 Å². The maximum absolute atomic E-state index is 12.7. The highest BCUT2D eigenvalue weighted by Crippen LogP contribution is 2.38. The molecule has 1 aliphatic heterocycles. The molecule has 0 bridgehead atoms. The maximum atomic E-state index is 12.7. The molecule has 0 saturated carbocycles. The van der Waals surface area contributed by atoms with Crippen LogP contribution in [0, 0.1) is 0 Å². The first-order valence-corrected chi connectivity index (χ1v) is 13.1. The lowest BCUT2D eigenvalue weighted by Crippen LogP contribution is -2.29. The first-order valence-electron chi connectivity index (χ1n) is 10.2. The molecule has 2 amide bonds. The van der Waals surface area contributed by atoms with Crippen molar-refractivity contribution in [1.29, 1.82) is 0 Å². The Morgan fingerprint density at radius 1 is 1.29 bits per heavy atom. The molecule has 2 aliphatic rings. The molecule has 0 spiro atoms. The Balaban J connectivity index is 1.34. The summed E-state index contributed by atoms with van der Waals surface area (Å²) in [7, 11) is 0. The molecule has 2 aromatic rings. The van der Waals surface area contributed by atoms with Gasteiger partial charge in [-0.15, -0.1) is 22.7 Å². The molecule has 1 N–H and O–H groups in total. The highest BCUT2D eigenvalue weighted by molar-refractivity contribution is 8.26. The number of nitrogens with zero attached hydrogens (tertiary/aromatic N) is 1. The third kappa shape index (κ3) is 5.00. The van der Waals surface area contributed by atoms with Gasteiger partial charge in [0.05, 0.1) is 10.5 Å². The molecule has 0 atom stereocenters. The molecule has 31 heavy (non-hydrogen) atoms. The van der Waals surface area contributed by atoms with Gasteiger partial charge in [0, 0.05) is 22.7 Å². The van der Waals surface area contributed by atoms with Gasteiger partial charge in [0.15, 0.2) is 5.78 Å². The van der Waals surface area contributed by atoms with E-state index in [1.54, 1.807) is 23.2 Å². The number of thioether (sulfide) groups is 1. The van der Waals surface area contributed by atoms with Gasteiger partial charge in [0.2, 0.25) is 5.91 Å². The molecule has 0 aromatic carbocycles. The summed E-state index contributed by atoms with van der Waals surface area (Å²) in [5, 5.41) is 5.58. The summed E-state index contributed by atoms with van der Waals surface area (Å²) in [5.74, 6) is -0.237. The monoisotopic (exact) mass is 490 g/mol. The Morgan fingerprint density at radius 3 is 2.84 bits per heavy atom. The maximum Gasteiger partial charge on any atom is 0.266 e. The van der Waals surface area contributed by atoms with Crippen molar-refractivity contribution in [3.05, 3.63) is 43.3 Å². The van der Waals surface area contributed by atoms with Crippen LogP contribution in [-0.2, 0) is 22.4 Å². The minimum Gasteiger partial charge on any atom is -0.317 e. The molecule has 162 valence electrons. The van der Waals surface area contributed by atoms with E-state index < -0.39 is 0 Å². The van der Waals surface area contributed by atoms with Gasteiger partial charge in [-0.2, -0.15) is 0 Å². The average Bonchev–Trinajstić information content (AvgIpc) is 3.42. The van der Waals surface area contributed by atoms with Crippen molar-refractivity contribution >= 4 is 79.6 Å². The van der Waals surface area contributed by atoms with Crippen LogP contribution in [0.5, 0.6) is 0 Å². The number of amides is 2. The van der Waals surface area contributed by atoms with Crippen molar-refractivity contribution in [1.82, 2.24) is 4.90 Å². The first kappa shape index (κ1) is 22.4. The number of ketones is 1. The summed E-state index contributed by atoms with van der Waals surface area (Å²) >= 11 is 9.77. The van der Waals surface area contributed by atoms with Crippen LogP contribution in [0.25, 0.3) is 6.08 Å². The number of thiocarbonyl (C=S) groups is 1. The van der Waals surface area contributed by atoms with Crippen molar-refractivity contribution in [3.8, 4) is 0 Å². The topological polar surface area (TPSA) is 66.5 Å². The number of carbonyl (C=O) groups excluding carboxylic acids is 3. The lowest BCUT2D eigenvalue weighted by Gasteiger charge is -2.14. The highest BCUT2D eigenvalue weighted by atomic mass is 32.2. The summed E-state index contributed by atoms with van der Waals surface area (Å²) in [6.07, 6.45) is 6.73. The number of anilines is 1. The van der Waals surface area contributed by atoms with Crippen LogP contribution in [0.4, 0.5) is 5.00 Å². The smallest absolute Gasteiger partial charge is 0.266 e. The van der Waals surface area contributed by atoms with Gasteiger partial charge in [-0.1, -0.05) is 30.0 Å². The Labute approximate surface area is 198 Å². The highest BCUT2D eigenvalue weighted by Gasteiger charge is 2.32. The number of rotatable bonds is 7. The van der Waals surface area contributed by atoms with Crippen molar-refractivity contribution in [2.75, 3.05) is 11.9 Å². The number of nitrogens with one attached hydrogen (secondary N) is 1. The predicted molar refractivity (Wildman–Crippen MR) is 133 cm³/mol. The first-order chi connectivity index (χ1) is 14.9. The standard InChI is InChI=1S/C22H22N2O3S4/c1-13(25)19-15-7-2-3-8-16(15)30-20(19)23-18(26)9-4-10-24-21(27)17(31-22(24)28)12-14-6-5-11-29-14/h5-6,11-12H,2-4,7-10H2,1H3,(H,23,26). The van der Waals surface area contributed by atoms with Crippen molar-refractivity contribution < 1.29 is 14.4 Å². The fourth-order valence-electron chi connectivity index (χ4n) is 3.81. The van der Waals surface area contributed by atoms with Gasteiger partial charge in [0.1, 0.15) is 9.32 Å². The summed E-state index contributed by atoms with van der Waals surface area (Å²) in [5.41, 5.74) is 1.80. The summed E-state index contributed by atoms with van der Waals surface area (Å²) in [4.78, 5) is 41.8. The largest absolute Gasteiger partial charge is 0.317 e. The molecular formula is C22H22N2O3S4. The van der Waals surface area contributed by atoms with E-state index in [1.165, 1.54) is 28.0 Å². The number of hydrogen-bond donors (Lipinski definition) is 1. The molecule has 0 radical (unpaired) electrons. The van der Waals surface area contributed by atoms with Crippen molar-refractivity contribution in [3.63, 3.8) is 0 Å². The molecule has 0 unspecified atom stereocenters. The van der Waals surface area contributed by atoms with E-state index in [-0.39, 0.29) is 24.0 Å². The van der Waals surface area contributed by atoms with Crippen LogP contribution in [0.3, 0.4) is 0 Å². The van der Waals surface area contributed by atoms with Crippen LogP contribution in [0.15, 0.2) is 22.4 Å². The Hall–Kier alpha value is -1.81. The molecule has 1 aliphatic carbocycles. The lowest BCUT2D eigenvalue weighted by molar-refractivity contribution is -0.122. The van der Waals surface area contributed by atoms with Crippen LogP contribution in [0.1, 0.15) is 58.3 Å². The van der Waals surface area contributed by atoms with E-state index in [0.29, 0.717) is 32.8 Å². The van der Waals surface area contributed by atoms with Crippen LogP contribution >= 0.6 is 46.7 Å². The summed E-state index contributed by atoms with van der Waals surface area (Å²) in [6, 6.07) is 3.90. The van der Waals surface area contributed by atoms with Gasteiger partial charge in [-0.3, -0.25) is 19.3 Å². The Bertz CT molecular complexity index is 1070. The second-order valence-corrected chi connectivity index (χ2v) is 11.2. The molecule has 2 aromatic heterocycles. The second-order valence-electron chi connectivity index (χ2n) is 7.47. The molecule has 3 heterocycles. The number of carbonyl (C=O) groups is 3. The molecule has 9 heteroatoms. The van der Waals surface area contributed by atoms with Gasteiger partial charge in [0.25, 0.3) is 5.91 Å². The van der Waals surface area contributed by atoms with E-state index in [4.69, 9.17) is 12.2 Å². The Kier molecular flexibility index (Phi) is 7.05. The third-order valence-corrected chi connectivity index (χ3v) is 8.66.